The second-order valence-corrected chi connectivity index (χ2v) is 10.2. The summed E-state index contributed by atoms with van der Waals surface area (Å²) in [5.41, 5.74) is 15.8. The normalized spacial score (nSPS) is 11.5. The maximum Gasteiger partial charge on any atom is 0.274 e. The number of aliphatic imine (C=N–C) groups is 1. The lowest BCUT2D eigenvalue weighted by molar-refractivity contribution is -0.122. The van der Waals surface area contributed by atoms with E-state index in [1.54, 1.807) is 17.6 Å². The maximum atomic E-state index is 12.9. The Hall–Kier alpha value is -4.11. The third-order valence-corrected chi connectivity index (χ3v) is 6.92. The highest BCUT2D eigenvalue weighted by Gasteiger charge is 2.24. The predicted molar refractivity (Wildman–Crippen MR) is 147 cm³/mol. The number of carbonyl (C=O) groups is 3. The molecule has 8 N–H and O–H groups in total. The molecular weight excluding hydrogens is 530 g/mol. The fourth-order valence-electron chi connectivity index (χ4n) is 3.49. The summed E-state index contributed by atoms with van der Waals surface area (Å²) in [6, 6.07) is 2.16. The Morgan fingerprint density at radius 2 is 1.97 bits per heavy atom. The number of hydrogen-bond acceptors (Lipinski definition) is 10. The number of carbonyl (C=O) groups excluding carboxylic acids is 3. The van der Waals surface area contributed by atoms with Crippen LogP contribution in [0.15, 0.2) is 45.9 Å². The number of aryl methyl sites for hydroxylation is 1. The SMILES string of the molecule is NC(N)=NCCC[C@H](NC(=O)Cn1cccc(NC(=O)CCCc2cnc(N)s2)c1=O)C(=O)c1nccs1. The van der Waals surface area contributed by atoms with E-state index in [9.17, 15) is 19.2 Å². The topological polar surface area (TPSA) is 213 Å². The van der Waals surface area contributed by atoms with E-state index in [0.717, 1.165) is 9.44 Å². The van der Waals surface area contributed by atoms with Gasteiger partial charge in [0.1, 0.15) is 12.2 Å². The van der Waals surface area contributed by atoms with Crippen molar-refractivity contribution in [2.75, 3.05) is 17.6 Å². The zero-order valence-corrected chi connectivity index (χ0v) is 22.1. The van der Waals surface area contributed by atoms with Gasteiger partial charge in [0.25, 0.3) is 5.56 Å². The minimum Gasteiger partial charge on any atom is -0.375 e. The molecule has 13 nitrogen and oxygen atoms in total. The highest BCUT2D eigenvalue weighted by molar-refractivity contribution is 7.15. The molecule has 0 fully saturated rings. The molecule has 1 atom stereocenters. The summed E-state index contributed by atoms with van der Waals surface area (Å²) in [6.45, 7) is -0.0514. The molecule has 3 aromatic heterocycles. The Bertz CT molecular complexity index is 1330. The minimum absolute atomic E-state index is 0.0555. The van der Waals surface area contributed by atoms with E-state index in [1.165, 1.54) is 41.1 Å². The van der Waals surface area contributed by atoms with E-state index < -0.39 is 17.5 Å². The van der Waals surface area contributed by atoms with Crippen LogP contribution in [0.1, 0.15) is 40.4 Å². The first-order valence-corrected chi connectivity index (χ1v) is 13.4. The van der Waals surface area contributed by atoms with Gasteiger partial charge in [-0.25, -0.2) is 9.97 Å². The summed E-state index contributed by atoms with van der Waals surface area (Å²) in [6.07, 6.45) is 6.75. The number of pyridine rings is 1. The molecule has 3 rings (SSSR count). The van der Waals surface area contributed by atoms with Crippen molar-refractivity contribution in [2.24, 2.45) is 16.5 Å². The lowest BCUT2D eigenvalue weighted by atomic mass is 10.1. The van der Waals surface area contributed by atoms with Gasteiger partial charge in [0, 0.05) is 41.8 Å². The average molecular weight is 560 g/mol. The van der Waals surface area contributed by atoms with Crippen molar-refractivity contribution in [1.82, 2.24) is 19.9 Å². The highest BCUT2D eigenvalue weighted by Crippen LogP contribution is 2.17. The number of nitrogens with two attached hydrogens (primary N) is 3. The number of nitrogens with zero attached hydrogens (tertiary/aromatic N) is 4. The molecule has 0 aliphatic carbocycles. The smallest absolute Gasteiger partial charge is 0.274 e. The first-order valence-electron chi connectivity index (χ1n) is 11.7. The van der Waals surface area contributed by atoms with Gasteiger partial charge in [0.15, 0.2) is 16.1 Å². The molecule has 0 bridgehead atoms. The molecule has 0 unspecified atom stereocenters. The average Bonchev–Trinajstić information content (AvgIpc) is 3.55. The van der Waals surface area contributed by atoms with Crippen molar-refractivity contribution in [1.29, 1.82) is 0 Å². The quantitative estimate of drug-likeness (QED) is 0.0813. The second-order valence-electron chi connectivity index (χ2n) is 8.19. The molecule has 0 spiro atoms. The van der Waals surface area contributed by atoms with E-state index in [2.05, 4.69) is 25.6 Å². The number of ketones is 1. The van der Waals surface area contributed by atoms with Crippen molar-refractivity contribution in [3.63, 3.8) is 0 Å². The number of guanidine groups is 1. The summed E-state index contributed by atoms with van der Waals surface area (Å²) in [4.78, 5) is 63.7. The molecule has 38 heavy (non-hydrogen) atoms. The van der Waals surface area contributed by atoms with Gasteiger partial charge in [0.2, 0.25) is 17.6 Å². The number of nitrogens with one attached hydrogen (secondary N) is 2. The number of thiazole rings is 2. The largest absolute Gasteiger partial charge is 0.375 e. The van der Waals surface area contributed by atoms with Crippen LogP contribution in [0.25, 0.3) is 0 Å². The highest BCUT2D eigenvalue weighted by atomic mass is 32.1. The van der Waals surface area contributed by atoms with Crippen LogP contribution >= 0.6 is 22.7 Å². The van der Waals surface area contributed by atoms with E-state index in [-0.39, 0.29) is 47.7 Å². The fraction of sp³-hybridized carbons (Fsp3) is 0.348. The summed E-state index contributed by atoms with van der Waals surface area (Å²) in [7, 11) is 0. The third-order valence-electron chi connectivity index (χ3n) is 5.25. The van der Waals surface area contributed by atoms with Gasteiger partial charge in [-0.2, -0.15) is 0 Å². The van der Waals surface area contributed by atoms with Crippen LogP contribution in [0.5, 0.6) is 0 Å². The number of Topliss-reactive ketones (excluding diaryl/α,β-unsaturated/α-hetero) is 1. The number of nitrogen functional groups attached to an aromatic ring is 1. The number of rotatable bonds is 14. The Kier molecular flexibility index (Phi) is 10.5. The second kappa shape index (κ2) is 14.0. The van der Waals surface area contributed by atoms with Crippen molar-refractivity contribution < 1.29 is 14.4 Å². The van der Waals surface area contributed by atoms with Gasteiger partial charge >= 0.3 is 0 Å². The zero-order chi connectivity index (χ0) is 27.5. The summed E-state index contributed by atoms with van der Waals surface area (Å²) < 4.78 is 1.16. The van der Waals surface area contributed by atoms with Crippen LogP contribution in [0.3, 0.4) is 0 Å². The molecule has 0 saturated heterocycles. The summed E-state index contributed by atoms with van der Waals surface area (Å²) >= 11 is 2.54. The molecule has 0 saturated carbocycles. The fourth-order valence-corrected chi connectivity index (χ4v) is 4.85. The molecular formula is C23H29N9O4S2. The van der Waals surface area contributed by atoms with Crippen molar-refractivity contribution in [3.05, 3.63) is 56.3 Å². The first kappa shape index (κ1) is 28.5. The number of aromatic nitrogens is 3. The first-order chi connectivity index (χ1) is 18.2. The van der Waals surface area contributed by atoms with Gasteiger partial charge in [-0.1, -0.05) is 0 Å². The van der Waals surface area contributed by atoms with E-state index in [4.69, 9.17) is 17.2 Å². The monoisotopic (exact) mass is 559 g/mol. The Morgan fingerprint density at radius 3 is 2.66 bits per heavy atom. The van der Waals surface area contributed by atoms with Crippen molar-refractivity contribution in [2.45, 2.75) is 44.7 Å². The lowest BCUT2D eigenvalue weighted by Crippen LogP contribution is -2.43. The molecule has 15 heteroatoms. The van der Waals surface area contributed by atoms with Gasteiger partial charge in [-0.15, -0.1) is 22.7 Å². The number of anilines is 2. The standard InChI is InChI=1S/C23H29N9O4S2/c24-22(25)28-8-2-5-15(19(35)20-27-9-11-37-20)30-18(34)13-32-10-3-6-16(21(32)36)31-17(33)7-1-4-14-12-29-23(26)38-14/h3,6,9-12,15H,1-2,4-5,7-8,13H2,(H2,26,29)(H,30,34)(H,31,33)(H4,24,25,28)/t15-/m0/s1. The van der Waals surface area contributed by atoms with Crippen LogP contribution < -0.4 is 33.4 Å². The number of hydrogen-bond donors (Lipinski definition) is 5. The molecule has 2 amide bonds. The molecule has 0 radical (unpaired) electrons. The lowest BCUT2D eigenvalue weighted by Gasteiger charge is -2.17. The van der Waals surface area contributed by atoms with Gasteiger partial charge in [-0.05, 0) is 37.8 Å². The van der Waals surface area contributed by atoms with E-state index in [1.807, 2.05) is 0 Å². The predicted octanol–water partition coefficient (Wildman–Crippen LogP) is 0.726. The molecule has 3 aromatic rings. The maximum absolute atomic E-state index is 12.9. The van der Waals surface area contributed by atoms with Crippen LogP contribution in [0.2, 0.25) is 0 Å². The van der Waals surface area contributed by atoms with Gasteiger partial charge < -0.3 is 32.4 Å². The molecule has 0 aliphatic heterocycles. The van der Waals surface area contributed by atoms with Crippen LogP contribution in [-0.2, 0) is 22.6 Å². The van der Waals surface area contributed by atoms with E-state index >= 15 is 0 Å². The third kappa shape index (κ3) is 8.77. The number of amides is 2. The van der Waals surface area contributed by atoms with Crippen LogP contribution in [-0.4, -0.2) is 50.7 Å². The molecule has 3 heterocycles. The molecule has 202 valence electrons. The van der Waals surface area contributed by atoms with Gasteiger partial charge in [0.05, 0.1) is 6.04 Å². The molecule has 0 aliphatic rings. The van der Waals surface area contributed by atoms with E-state index in [0.29, 0.717) is 30.9 Å². The summed E-state index contributed by atoms with van der Waals surface area (Å²) in [5.74, 6) is -1.27. The van der Waals surface area contributed by atoms with Crippen LogP contribution in [0, 0.1) is 0 Å². The van der Waals surface area contributed by atoms with Gasteiger partial charge in [-0.3, -0.25) is 24.2 Å². The minimum atomic E-state index is -0.865. The van der Waals surface area contributed by atoms with Crippen molar-refractivity contribution in [3.8, 4) is 0 Å². The molecule has 0 aromatic carbocycles. The Morgan fingerprint density at radius 1 is 1.16 bits per heavy atom. The van der Waals surface area contributed by atoms with Crippen molar-refractivity contribution >= 4 is 57.0 Å². The zero-order valence-electron chi connectivity index (χ0n) is 20.5. The summed E-state index contributed by atoms with van der Waals surface area (Å²) in [5, 5.41) is 7.69. The Labute approximate surface area is 226 Å². The Balaban J connectivity index is 1.58. The van der Waals surface area contributed by atoms with Crippen LogP contribution in [0.4, 0.5) is 10.8 Å².